The number of benzene rings is 1. The Kier molecular flexibility index (Phi) is 6.18. The highest BCUT2D eigenvalue weighted by molar-refractivity contribution is 5.77. The lowest BCUT2D eigenvalue weighted by atomic mass is 10.1. The number of rotatable bonds is 7. The zero-order valence-corrected chi connectivity index (χ0v) is 15.3. The fraction of sp³-hybridized carbons (Fsp3) is 0.474. The summed E-state index contributed by atoms with van der Waals surface area (Å²) in [5, 5.41) is 13.0. The number of carboxylic acids is 1. The molecule has 0 saturated carbocycles. The molecule has 1 saturated heterocycles. The van der Waals surface area contributed by atoms with Gasteiger partial charge in [-0.05, 0) is 18.9 Å². The second-order valence-electron chi connectivity index (χ2n) is 6.59. The van der Waals surface area contributed by atoms with Crippen molar-refractivity contribution in [1.29, 1.82) is 0 Å². The molecule has 27 heavy (non-hydrogen) atoms. The Morgan fingerprint density at radius 3 is 2.93 bits per heavy atom. The van der Waals surface area contributed by atoms with Crippen LogP contribution in [0.5, 0.6) is 0 Å². The van der Waals surface area contributed by atoms with Crippen LogP contribution in [-0.2, 0) is 20.7 Å². The number of carboxylic acid groups (broad SMARTS) is 1. The van der Waals surface area contributed by atoms with Gasteiger partial charge in [0.15, 0.2) is 0 Å². The molecule has 1 fully saturated rings. The van der Waals surface area contributed by atoms with Crippen molar-refractivity contribution < 1.29 is 24.0 Å². The third-order valence-electron chi connectivity index (χ3n) is 4.59. The molecule has 2 heterocycles. The van der Waals surface area contributed by atoms with Gasteiger partial charge in [0.2, 0.25) is 17.6 Å². The summed E-state index contributed by atoms with van der Waals surface area (Å²) < 4.78 is 10.6. The molecule has 1 aromatic carbocycles. The average molecular weight is 373 g/mol. The van der Waals surface area contributed by atoms with Crippen LogP contribution in [0, 0.1) is 6.92 Å². The first kappa shape index (κ1) is 19.0. The number of aromatic nitrogens is 2. The van der Waals surface area contributed by atoms with E-state index in [1.54, 1.807) is 4.90 Å². The van der Waals surface area contributed by atoms with Gasteiger partial charge in [-0.15, -0.1) is 0 Å². The lowest BCUT2D eigenvalue weighted by Crippen LogP contribution is -2.49. The molecule has 1 N–H and O–H groups in total. The van der Waals surface area contributed by atoms with E-state index in [2.05, 4.69) is 10.1 Å². The van der Waals surface area contributed by atoms with Crippen LogP contribution < -0.4 is 0 Å². The molecular weight excluding hydrogens is 350 g/mol. The summed E-state index contributed by atoms with van der Waals surface area (Å²) in [4.78, 5) is 29.4. The largest absolute Gasteiger partial charge is 0.481 e. The summed E-state index contributed by atoms with van der Waals surface area (Å²) in [7, 11) is 0. The number of carbonyl (C=O) groups excluding carboxylic acids is 1. The molecule has 1 aliphatic heterocycles. The van der Waals surface area contributed by atoms with Gasteiger partial charge in [-0.3, -0.25) is 9.59 Å². The van der Waals surface area contributed by atoms with E-state index in [4.69, 9.17) is 14.4 Å². The zero-order valence-electron chi connectivity index (χ0n) is 15.3. The third kappa shape index (κ3) is 4.91. The Hall–Kier alpha value is -2.74. The molecule has 1 amide bonds. The molecule has 2 aromatic rings. The minimum atomic E-state index is -0.933. The predicted octanol–water partition coefficient (Wildman–Crippen LogP) is 2.07. The highest BCUT2D eigenvalue weighted by Crippen LogP contribution is 2.20. The Balaban J connectivity index is 1.53. The van der Waals surface area contributed by atoms with Gasteiger partial charge in [0, 0.05) is 24.9 Å². The van der Waals surface area contributed by atoms with E-state index < -0.39 is 12.0 Å². The highest BCUT2D eigenvalue weighted by Gasteiger charge is 2.28. The number of amides is 1. The maximum absolute atomic E-state index is 12.5. The van der Waals surface area contributed by atoms with Gasteiger partial charge in [-0.1, -0.05) is 29.4 Å². The second kappa shape index (κ2) is 8.77. The van der Waals surface area contributed by atoms with Crippen LogP contribution in [0.15, 0.2) is 28.8 Å². The Labute approximate surface area is 157 Å². The maximum atomic E-state index is 12.5. The number of hydrogen-bond acceptors (Lipinski definition) is 6. The van der Waals surface area contributed by atoms with Crippen molar-refractivity contribution in [3.63, 3.8) is 0 Å². The van der Waals surface area contributed by atoms with Crippen LogP contribution in [0.1, 0.15) is 30.7 Å². The van der Waals surface area contributed by atoms with Crippen LogP contribution in [0.25, 0.3) is 11.4 Å². The highest BCUT2D eigenvalue weighted by atomic mass is 16.5. The van der Waals surface area contributed by atoms with Crippen molar-refractivity contribution in [2.24, 2.45) is 0 Å². The summed E-state index contributed by atoms with van der Waals surface area (Å²) in [5.41, 5.74) is 1.99. The van der Waals surface area contributed by atoms with Crippen LogP contribution in [0.3, 0.4) is 0 Å². The number of morpholine rings is 1. The molecule has 144 valence electrons. The maximum Gasteiger partial charge on any atom is 0.305 e. The minimum absolute atomic E-state index is 0.0665. The molecule has 1 aromatic heterocycles. The molecule has 3 rings (SSSR count). The van der Waals surface area contributed by atoms with Crippen molar-refractivity contribution in [2.75, 3.05) is 19.8 Å². The van der Waals surface area contributed by atoms with E-state index >= 15 is 0 Å². The number of hydrogen-bond donors (Lipinski definition) is 1. The molecule has 1 unspecified atom stereocenters. The van der Waals surface area contributed by atoms with Gasteiger partial charge in [0.05, 0.1) is 25.7 Å². The molecule has 0 spiro atoms. The van der Waals surface area contributed by atoms with E-state index in [0.717, 1.165) is 11.1 Å². The average Bonchev–Trinajstić information content (AvgIpc) is 3.10. The lowest BCUT2D eigenvalue weighted by molar-refractivity contribution is -0.146. The SMILES string of the molecule is Cc1ccccc1-c1noc(CCCC(=O)N2CCOCC2CC(=O)O)n1. The van der Waals surface area contributed by atoms with Gasteiger partial charge < -0.3 is 19.3 Å². The quantitative estimate of drug-likeness (QED) is 0.792. The standard InChI is InChI=1S/C19H23N3O5/c1-13-5-2-3-6-15(13)19-20-16(27-21-19)7-4-8-17(23)22-9-10-26-12-14(22)11-18(24)25/h2-3,5-6,14H,4,7-12H2,1H3,(H,24,25). The Bertz CT molecular complexity index is 804. The minimum Gasteiger partial charge on any atom is -0.481 e. The van der Waals surface area contributed by atoms with Crippen molar-refractivity contribution >= 4 is 11.9 Å². The first-order chi connectivity index (χ1) is 13.0. The summed E-state index contributed by atoms with van der Waals surface area (Å²) in [6.07, 6.45) is 1.26. The molecule has 0 radical (unpaired) electrons. The topological polar surface area (TPSA) is 106 Å². The van der Waals surface area contributed by atoms with E-state index in [9.17, 15) is 9.59 Å². The van der Waals surface area contributed by atoms with E-state index in [-0.39, 0.29) is 18.9 Å². The van der Waals surface area contributed by atoms with Crippen LogP contribution in [0.4, 0.5) is 0 Å². The smallest absolute Gasteiger partial charge is 0.305 e. The number of carbonyl (C=O) groups is 2. The van der Waals surface area contributed by atoms with E-state index in [1.807, 2.05) is 31.2 Å². The molecule has 1 atom stereocenters. The van der Waals surface area contributed by atoms with Crippen molar-refractivity contribution in [1.82, 2.24) is 15.0 Å². The number of aliphatic carboxylic acids is 1. The van der Waals surface area contributed by atoms with Crippen molar-refractivity contribution in [2.45, 2.75) is 38.6 Å². The van der Waals surface area contributed by atoms with Gasteiger partial charge >= 0.3 is 5.97 Å². The van der Waals surface area contributed by atoms with Gasteiger partial charge in [0.1, 0.15) is 0 Å². The first-order valence-electron chi connectivity index (χ1n) is 9.02. The number of nitrogens with zero attached hydrogens (tertiary/aromatic N) is 3. The lowest BCUT2D eigenvalue weighted by Gasteiger charge is -2.34. The Morgan fingerprint density at radius 1 is 1.33 bits per heavy atom. The summed E-state index contributed by atoms with van der Waals surface area (Å²) >= 11 is 0. The number of ether oxygens (including phenoxy) is 1. The van der Waals surface area contributed by atoms with E-state index in [1.165, 1.54) is 0 Å². The van der Waals surface area contributed by atoms with Crippen molar-refractivity contribution in [3.8, 4) is 11.4 Å². The normalized spacial score (nSPS) is 17.1. The monoisotopic (exact) mass is 373 g/mol. The predicted molar refractivity (Wildman–Crippen MR) is 96.0 cm³/mol. The van der Waals surface area contributed by atoms with Gasteiger partial charge in [-0.2, -0.15) is 4.98 Å². The fourth-order valence-corrected chi connectivity index (χ4v) is 3.18. The molecule has 0 aliphatic carbocycles. The van der Waals surface area contributed by atoms with Crippen LogP contribution >= 0.6 is 0 Å². The van der Waals surface area contributed by atoms with Crippen molar-refractivity contribution in [3.05, 3.63) is 35.7 Å². The molecule has 0 bridgehead atoms. The summed E-state index contributed by atoms with van der Waals surface area (Å²) in [6, 6.07) is 7.40. The molecule has 1 aliphatic rings. The van der Waals surface area contributed by atoms with E-state index in [0.29, 0.717) is 44.1 Å². The zero-order chi connectivity index (χ0) is 19.2. The second-order valence-corrected chi connectivity index (χ2v) is 6.59. The van der Waals surface area contributed by atoms with Crippen LogP contribution in [-0.4, -0.2) is 57.8 Å². The van der Waals surface area contributed by atoms with Gasteiger partial charge in [-0.25, -0.2) is 0 Å². The molecule has 8 nitrogen and oxygen atoms in total. The fourth-order valence-electron chi connectivity index (χ4n) is 3.18. The van der Waals surface area contributed by atoms with Crippen LogP contribution in [0.2, 0.25) is 0 Å². The molecular formula is C19H23N3O5. The third-order valence-corrected chi connectivity index (χ3v) is 4.59. The van der Waals surface area contributed by atoms with Gasteiger partial charge in [0.25, 0.3) is 0 Å². The number of aryl methyl sites for hydroxylation is 2. The summed E-state index contributed by atoms with van der Waals surface area (Å²) in [6.45, 7) is 3.11. The Morgan fingerprint density at radius 2 is 2.15 bits per heavy atom. The summed E-state index contributed by atoms with van der Waals surface area (Å²) in [5.74, 6) is 0.0373. The molecule has 8 heteroatoms. The first-order valence-corrected chi connectivity index (χ1v) is 9.02.